The number of aliphatic hydroxyl groups is 1. The number of aliphatic hydroxyl groups excluding tert-OH is 1. The third-order valence-corrected chi connectivity index (χ3v) is 3.56. The van der Waals surface area contributed by atoms with Gasteiger partial charge in [0.05, 0.1) is 11.7 Å². The van der Waals surface area contributed by atoms with Gasteiger partial charge in [-0.1, -0.05) is 18.2 Å². The van der Waals surface area contributed by atoms with Gasteiger partial charge in [-0.15, -0.1) is 6.58 Å². The van der Waals surface area contributed by atoms with Crippen LogP contribution in [-0.2, 0) is 6.18 Å². The molecule has 1 rings (SSSR count). The van der Waals surface area contributed by atoms with Gasteiger partial charge in [-0.2, -0.15) is 24.9 Å². The lowest BCUT2D eigenvalue weighted by atomic mass is 10.1. The van der Waals surface area contributed by atoms with E-state index in [1.165, 1.54) is 12.1 Å². The van der Waals surface area contributed by atoms with Gasteiger partial charge in [-0.25, -0.2) is 0 Å². The minimum Gasteiger partial charge on any atom is -0.387 e. The van der Waals surface area contributed by atoms with Crippen LogP contribution in [0.15, 0.2) is 36.9 Å². The van der Waals surface area contributed by atoms with Crippen molar-refractivity contribution in [3.63, 3.8) is 0 Å². The van der Waals surface area contributed by atoms with Crippen LogP contribution < -0.4 is 5.32 Å². The molecule has 2 N–H and O–H groups in total. The van der Waals surface area contributed by atoms with Crippen LogP contribution in [0.3, 0.4) is 0 Å². The summed E-state index contributed by atoms with van der Waals surface area (Å²) in [6.45, 7) is 4.52. The Morgan fingerprint density at radius 3 is 2.80 bits per heavy atom. The summed E-state index contributed by atoms with van der Waals surface area (Å²) in [4.78, 5) is 0. The van der Waals surface area contributed by atoms with Crippen molar-refractivity contribution in [2.75, 3.05) is 24.6 Å². The second-order valence-electron chi connectivity index (χ2n) is 4.21. The first-order chi connectivity index (χ1) is 9.45. The lowest BCUT2D eigenvalue weighted by Gasteiger charge is -2.14. The first kappa shape index (κ1) is 17.1. The Bertz CT molecular complexity index is 423. The molecule has 0 spiro atoms. The fourth-order valence-corrected chi connectivity index (χ4v) is 2.21. The zero-order valence-corrected chi connectivity index (χ0v) is 11.8. The minimum absolute atomic E-state index is 0.232. The molecule has 1 aromatic carbocycles. The standard InChI is InChI=1S/C14H18F3NOS/c1-2-7-20-8-6-18-10-13(19)11-4-3-5-12(9-11)14(15,16)17/h2-5,9,13,18-19H,1,6-8,10H2. The smallest absolute Gasteiger partial charge is 0.387 e. The summed E-state index contributed by atoms with van der Waals surface area (Å²) in [7, 11) is 0. The normalized spacial score (nSPS) is 13.2. The quantitative estimate of drug-likeness (QED) is 0.571. The van der Waals surface area contributed by atoms with E-state index >= 15 is 0 Å². The van der Waals surface area contributed by atoms with Gasteiger partial charge in [0.25, 0.3) is 0 Å². The number of nitrogens with one attached hydrogen (secondary N) is 1. The maximum Gasteiger partial charge on any atom is 0.416 e. The molecule has 2 nitrogen and oxygen atoms in total. The van der Waals surface area contributed by atoms with E-state index in [-0.39, 0.29) is 12.1 Å². The van der Waals surface area contributed by atoms with E-state index in [0.717, 1.165) is 23.6 Å². The number of rotatable bonds is 8. The average molecular weight is 305 g/mol. The molecule has 1 atom stereocenters. The molecule has 6 heteroatoms. The molecule has 0 heterocycles. The van der Waals surface area contributed by atoms with Crippen LogP contribution in [0.1, 0.15) is 17.2 Å². The van der Waals surface area contributed by atoms with E-state index in [1.54, 1.807) is 11.8 Å². The van der Waals surface area contributed by atoms with Gasteiger partial charge in [0, 0.05) is 24.6 Å². The molecule has 1 aromatic rings. The summed E-state index contributed by atoms with van der Waals surface area (Å²) in [6.07, 6.45) is -3.52. The summed E-state index contributed by atoms with van der Waals surface area (Å²) in [5, 5.41) is 12.9. The highest BCUT2D eigenvalue weighted by Crippen LogP contribution is 2.30. The maximum absolute atomic E-state index is 12.5. The van der Waals surface area contributed by atoms with E-state index in [1.807, 2.05) is 6.08 Å². The zero-order valence-electron chi connectivity index (χ0n) is 11.0. The highest BCUT2D eigenvalue weighted by atomic mass is 32.2. The summed E-state index contributed by atoms with van der Waals surface area (Å²) >= 11 is 1.70. The Morgan fingerprint density at radius 2 is 2.15 bits per heavy atom. The molecule has 0 fully saturated rings. The van der Waals surface area contributed by atoms with E-state index in [4.69, 9.17) is 0 Å². The monoisotopic (exact) mass is 305 g/mol. The molecule has 0 saturated carbocycles. The van der Waals surface area contributed by atoms with Crippen LogP contribution in [0, 0.1) is 0 Å². The van der Waals surface area contributed by atoms with Crippen LogP contribution in [0.2, 0.25) is 0 Å². The SMILES string of the molecule is C=CCSCCNCC(O)c1cccc(C(F)(F)F)c1. The van der Waals surface area contributed by atoms with Crippen molar-refractivity contribution in [2.24, 2.45) is 0 Å². The molecule has 20 heavy (non-hydrogen) atoms. The third kappa shape index (κ3) is 5.98. The van der Waals surface area contributed by atoms with Crippen LogP contribution in [-0.4, -0.2) is 29.7 Å². The molecule has 0 aliphatic rings. The number of hydrogen-bond donors (Lipinski definition) is 2. The van der Waals surface area contributed by atoms with Crippen molar-refractivity contribution >= 4 is 11.8 Å². The lowest BCUT2D eigenvalue weighted by Crippen LogP contribution is -2.24. The summed E-state index contributed by atoms with van der Waals surface area (Å²) in [6, 6.07) is 4.78. The van der Waals surface area contributed by atoms with Crippen LogP contribution in [0.5, 0.6) is 0 Å². The summed E-state index contributed by atoms with van der Waals surface area (Å²) in [5.74, 6) is 1.72. The fourth-order valence-electron chi connectivity index (χ4n) is 1.59. The predicted molar refractivity (Wildman–Crippen MR) is 76.8 cm³/mol. The number of halogens is 3. The Labute approximate surface area is 121 Å². The van der Waals surface area contributed by atoms with Gasteiger partial charge >= 0.3 is 6.18 Å². The van der Waals surface area contributed by atoms with Gasteiger partial charge in [-0.05, 0) is 17.7 Å². The molecule has 0 aromatic heterocycles. The Morgan fingerprint density at radius 1 is 1.40 bits per heavy atom. The largest absolute Gasteiger partial charge is 0.416 e. The molecule has 0 amide bonds. The number of hydrogen-bond acceptors (Lipinski definition) is 3. The average Bonchev–Trinajstić information content (AvgIpc) is 2.41. The molecule has 0 radical (unpaired) electrons. The Kier molecular flexibility index (Phi) is 7.12. The maximum atomic E-state index is 12.5. The minimum atomic E-state index is -4.38. The Hall–Kier alpha value is -0.980. The van der Waals surface area contributed by atoms with Crippen molar-refractivity contribution in [1.29, 1.82) is 0 Å². The van der Waals surface area contributed by atoms with Crippen molar-refractivity contribution in [3.05, 3.63) is 48.0 Å². The van der Waals surface area contributed by atoms with Crippen molar-refractivity contribution in [3.8, 4) is 0 Å². The van der Waals surface area contributed by atoms with Crippen LogP contribution in [0.25, 0.3) is 0 Å². The molecular weight excluding hydrogens is 287 g/mol. The molecular formula is C14H18F3NOS. The molecule has 0 aliphatic heterocycles. The second kappa shape index (κ2) is 8.34. The van der Waals surface area contributed by atoms with Crippen LogP contribution in [0.4, 0.5) is 13.2 Å². The van der Waals surface area contributed by atoms with Gasteiger partial charge in [-0.3, -0.25) is 0 Å². The number of thioether (sulfide) groups is 1. The molecule has 0 saturated heterocycles. The topological polar surface area (TPSA) is 32.3 Å². The van der Waals surface area contributed by atoms with Gasteiger partial charge < -0.3 is 10.4 Å². The molecule has 0 aliphatic carbocycles. The number of benzene rings is 1. The van der Waals surface area contributed by atoms with Gasteiger partial charge in [0.15, 0.2) is 0 Å². The van der Waals surface area contributed by atoms with E-state index in [9.17, 15) is 18.3 Å². The number of alkyl halides is 3. The van der Waals surface area contributed by atoms with E-state index in [2.05, 4.69) is 11.9 Å². The third-order valence-electron chi connectivity index (χ3n) is 2.60. The van der Waals surface area contributed by atoms with Crippen molar-refractivity contribution in [1.82, 2.24) is 5.32 Å². The summed E-state index contributed by atoms with van der Waals surface area (Å²) in [5.41, 5.74) is -0.471. The first-order valence-corrected chi connectivity index (χ1v) is 7.35. The van der Waals surface area contributed by atoms with Crippen LogP contribution >= 0.6 is 11.8 Å². The highest BCUT2D eigenvalue weighted by molar-refractivity contribution is 7.99. The van der Waals surface area contributed by atoms with Gasteiger partial charge in [0.2, 0.25) is 0 Å². The highest BCUT2D eigenvalue weighted by Gasteiger charge is 2.30. The molecule has 112 valence electrons. The molecule has 1 unspecified atom stereocenters. The Balaban J connectivity index is 2.43. The molecule has 0 bridgehead atoms. The lowest BCUT2D eigenvalue weighted by molar-refractivity contribution is -0.137. The van der Waals surface area contributed by atoms with E-state index in [0.29, 0.717) is 6.54 Å². The first-order valence-electron chi connectivity index (χ1n) is 6.19. The zero-order chi connectivity index (χ0) is 15.0. The fraction of sp³-hybridized carbons (Fsp3) is 0.429. The van der Waals surface area contributed by atoms with Crippen molar-refractivity contribution < 1.29 is 18.3 Å². The van der Waals surface area contributed by atoms with Gasteiger partial charge in [0.1, 0.15) is 0 Å². The predicted octanol–water partition coefficient (Wildman–Crippen LogP) is 3.25. The van der Waals surface area contributed by atoms with Crippen molar-refractivity contribution in [2.45, 2.75) is 12.3 Å². The van der Waals surface area contributed by atoms with E-state index < -0.39 is 17.8 Å². The second-order valence-corrected chi connectivity index (χ2v) is 5.36. The summed E-state index contributed by atoms with van der Waals surface area (Å²) < 4.78 is 37.6.